The molecule has 2 rings (SSSR count). The van der Waals surface area contributed by atoms with Crippen molar-refractivity contribution >= 4 is 27.8 Å². The van der Waals surface area contributed by atoms with Crippen molar-refractivity contribution in [3.8, 4) is 0 Å². The zero-order valence-electron chi connectivity index (χ0n) is 14.7. The quantitative estimate of drug-likeness (QED) is 0.660. The lowest BCUT2D eigenvalue weighted by Crippen LogP contribution is -2.41. The molecular weight excluding hydrogens is 391 g/mol. The summed E-state index contributed by atoms with van der Waals surface area (Å²) in [6.07, 6.45) is 0. The van der Waals surface area contributed by atoms with Gasteiger partial charge in [-0.15, -0.1) is 0 Å². The predicted octanol–water partition coefficient (Wildman–Crippen LogP) is 0.992. The molecule has 8 nitrogen and oxygen atoms in total. The van der Waals surface area contributed by atoms with Gasteiger partial charge in [-0.3, -0.25) is 19.7 Å². The molecule has 0 unspecified atom stereocenters. The van der Waals surface area contributed by atoms with Crippen molar-refractivity contribution in [1.82, 2.24) is 10.0 Å². The third kappa shape index (κ3) is 5.69. The molecule has 28 heavy (non-hydrogen) atoms. The lowest BCUT2D eigenvalue weighted by Gasteiger charge is -2.14. The summed E-state index contributed by atoms with van der Waals surface area (Å²) >= 11 is 0. The molecule has 0 radical (unpaired) electrons. The van der Waals surface area contributed by atoms with Crippen molar-refractivity contribution in [3.63, 3.8) is 0 Å². The number of ether oxygens (including phenoxy) is 1. The SMILES string of the molecule is C[C@H](NS(=O)(=O)c1ccccc1F)C(=O)OCC(=O)NC(=O)c1ccccc1. The topological polar surface area (TPSA) is 119 Å². The minimum atomic E-state index is -4.31. The van der Waals surface area contributed by atoms with Crippen LogP contribution in [0, 0.1) is 5.82 Å². The summed E-state index contributed by atoms with van der Waals surface area (Å²) in [7, 11) is -4.31. The molecule has 10 heteroatoms. The first-order valence-electron chi connectivity index (χ1n) is 8.03. The molecule has 2 N–H and O–H groups in total. The number of amides is 2. The lowest BCUT2D eigenvalue weighted by atomic mass is 10.2. The molecule has 2 aromatic carbocycles. The second-order valence-corrected chi connectivity index (χ2v) is 7.31. The Bertz CT molecular complexity index is 979. The standard InChI is InChI=1S/C18H17FN2O6S/c1-12(21-28(25,26)15-10-6-5-9-14(15)19)18(24)27-11-16(22)20-17(23)13-7-3-2-4-8-13/h2-10,12,21H,11H2,1H3,(H,20,22,23)/t12-/m0/s1. The Balaban J connectivity index is 1.88. The number of halogens is 1. The maximum atomic E-state index is 13.6. The molecule has 0 bridgehead atoms. The number of rotatable bonds is 7. The summed E-state index contributed by atoms with van der Waals surface area (Å²) in [5, 5.41) is 2.03. The largest absolute Gasteiger partial charge is 0.454 e. The van der Waals surface area contributed by atoms with Crippen LogP contribution in [0.3, 0.4) is 0 Å². The summed E-state index contributed by atoms with van der Waals surface area (Å²) in [6.45, 7) is 0.386. The van der Waals surface area contributed by atoms with E-state index in [-0.39, 0.29) is 5.56 Å². The molecule has 2 amide bonds. The third-order valence-corrected chi connectivity index (χ3v) is 5.02. The summed E-state index contributed by atoms with van der Waals surface area (Å²) in [6, 6.07) is 11.2. The zero-order chi connectivity index (χ0) is 20.7. The van der Waals surface area contributed by atoms with E-state index >= 15 is 0 Å². The Morgan fingerprint density at radius 3 is 2.29 bits per heavy atom. The highest BCUT2D eigenvalue weighted by atomic mass is 32.2. The van der Waals surface area contributed by atoms with Crippen LogP contribution < -0.4 is 10.0 Å². The fourth-order valence-corrected chi connectivity index (χ4v) is 3.36. The van der Waals surface area contributed by atoms with Crippen molar-refractivity contribution in [2.24, 2.45) is 0 Å². The van der Waals surface area contributed by atoms with Crippen LogP contribution in [0.5, 0.6) is 0 Å². The first kappa shape index (κ1) is 21.2. The molecule has 1 atom stereocenters. The van der Waals surface area contributed by atoms with E-state index in [1.807, 2.05) is 10.0 Å². The molecule has 0 aliphatic carbocycles. The van der Waals surface area contributed by atoms with E-state index in [1.165, 1.54) is 31.2 Å². The van der Waals surface area contributed by atoms with Gasteiger partial charge in [-0.1, -0.05) is 30.3 Å². The van der Waals surface area contributed by atoms with E-state index in [0.29, 0.717) is 0 Å². The average molecular weight is 408 g/mol. The molecule has 0 fully saturated rings. The first-order chi connectivity index (χ1) is 13.2. The normalized spacial score (nSPS) is 12.1. The summed E-state index contributed by atoms with van der Waals surface area (Å²) in [5.41, 5.74) is 0.244. The number of sulfonamides is 1. The van der Waals surface area contributed by atoms with Gasteiger partial charge in [0.25, 0.3) is 11.8 Å². The minimum absolute atomic E-state index is 0.244. The van der Waals surface area contributed by atoms with Gasteiger partial charge in [-0.05, 0) is 31.2 Å². The molecule has 0 heterocycles. The fraction of sp³-hybridized carbons (Fsp3) is 0.167. The van der Waals surface area contributed by atoms with Crippen LogP contribution in [-0.4, -0.2) is 38.9 Å². The van der Waals surface area contributed by atoms with Crippen molar-refractivity contribution in [2.75, 3.05) is 6.61 Å². The van der Waals surface area contributed by atoms with Crippen LogP contribution in [0.25, 0.3) is 0 Å². The Kier molecular flexibility index (Phi) is 6.96. The van der Waals surface area contributed by atoms with E-state index in [4.69, 9.17) is 4.74 Å². The van der Waals surface area contributed by atoms with Crippen molar-refractivity contribution in [1.29, 1.82) is 0 Å². The summed E-state index contributed by atoms with van der Waals surface area (Å²) in [4.78, 5) is 34.8. The number of hydrogen-bond acceptors (Lipinski definition) is 6. The molecule has 0 aromatic heterocycles. The van der Waals surface area contributed by atoms with Crippen molar-refractivity contribution in [3.05, 3.63) is 66.0 Å². The first-order valence-corrected chi connectivity index (χ1v) is 9.52. The van der Waals surface area contributed by atoms with Crippen LogP contribution in [0.2, 0.25) is 0 Å². The predicted molar refractivity (Wildman–Crippen MR) is 96.1 cm³/mol. The molecule has 2 aromatic rings. The number of carbonyl (C=O) groups excluding carboxylic acids is 3. The van der Waals surface area contributed by atoms with Crippen LogP contribution in [-0.2, 0) is 24.3 Å². The van der Waals surface area contributed by atoms with Crippen LogP contribution >= 0.6 is 0 Å². The number of carbonyl (C=O) groups is 3. The van der Waals surface area contributed by atoms with Crippen LogP contribution in [0.4, 0.5) is 4.39 Å². The average Bonchev–Trinajstić information content (AvgIpc) is 2.66. The molecule has 0 aliphatic heterocycles. The molecular formula is C18H17FN2O6S. The lowest BCUT2D eigenvalue weighted by molar-refractivity contribution is -0.149. The number of nitrogens with one attached hydrogen (secondary N) is 2. The molecule has 0 saturated heterocycles. The molecule has 148 valence electrons. The number of benzene rings is 2. The second-order valence-electron chi connectivity index (χ2n) is 5.62. The third-order valence-electron chi connectivity index (χ3n) is 3.45. The van der Waals surface area contributed by atoms with Crippen molar-refractivity contribution < 1.29 is 31.9 Å². The minimum Gasteiger partial charge on any atom is -0.454 e. The van der Waals surface area contributed by atoms with Gasteiger partial charge in [-0.25, -0.2) is 12.8 Å². The van der Waals surface area contributed by atoms with E-state index < -0.39 is 51.2 Å². The maximum absolute atomic E-state index is 13.6. The highest BCUT2D eigenvalue weighted by molar-refractivity contribution is 7.89. The van der Waals surface area contributed by atoms with Crippen LogP contribution in [0.15, 0.2) is 59.5 Å². The summed E-state index contributed by atoms with van der Waals surface area (Å²) < 4.78 is 44.5. The Morgan fingerprint density at radius 1 is 1.04 bits per heavy atom. The molecule has 0 aliphatic rings. The van der Waals surface area contributed by atoms with Gasteiger partial charge in [-0.2, -0.15) is 4.72 Å². The van der Waals surface area contributed by atoms with Gasteiger partial charge < -0.3 is 4.74 Å². The second kappa shape index (κ2) is 9.20. The fourth-order valence-electron chi connectivity index (χ4n) is 2.09. The highest BCUT2D eigenvalue weighted by Gasteiger charge is 2.26. The van der Waals surface area contributed by atoms with Gasteiger partial charge in [0.05, 0.1) is 0 Å². The van der Waals surface area contributed by atoms with E-state index in [9.17, 15) is 27.2 Å². The van der Waals surface area contributed by atoms with Crippen molar-refractivity contribution in [2.45, 2.75) is 17.9 Å². The number of imide groups is 1. The molecule has 0 spiro atoms. The van der Waals surface area contributed by atoms with E-state index in [0.717, 1.165) is 12.1 Å². The van der Waals surface area contributed by atoms with E-state index in [1.54, 1.807) is 18.2 Å². The Morgan fingerprint density at radius 2 is 1.64 bits per heavy atom. The van der Waals surface area contributed by atoms with Gasteiger partial charge in [0.2, 0.25) is 10.0 Å². The number of hydrogen-bond donors (Lipinski definition) is 2. The highest BCUT2D eigenvalue weighted by Crippen LogP contribution is 2.13. The van der Waals surface area contributed by atoms with Gasteiger partial charge in [0.1, 0.15) is 16.8 Å². The Labute approximate surface area is 160 Å². The maximum Gasteiger partial charge on any atom is 0.324 e. The Hall–Kier alpha value is -3.11. The zero-order valence-corrected chi connectivity index (χ0v) is 15.5. The number of esters is 1. The van der Waals surface area contributed by atoms with Crippen LogP contribution in [0.1, 0.15) is 17.3 Å². The van der Waals surface area contributed by atoms with E-state index in [2.05, 4.69) is 0 Å². The van der Waals surface area contributed by atoms with Gasteiger partial charge >= 0.3 is 5.97 Å². The van der Waals surface area contributed by atoms with Gasteiger partial charge in [0, 0.05) is 5.56 Å². The molecule has 0 saturated carbocycles. The smallest absolute Gasteiger partial charge is 0.324 e. The summed E-state index contributed by atoms with van der Waals surface area (Å²) in [5.74, 6) is -3.60. The van der Waals surface area contributed by atoms with Gasteiger partial charge in [0.15, 0.2) is 6.61 Å². The monoisotopic (exact) mass is 408 g/mol.